The van der Waals surface area contributed by atoms with Crippen molar-refractivity contribution >= 4 is 21.6 Å². The lowest BCUT2D eigenvalue weighted by Gasteiger charge is -2.28. The molecule has 0 bridgehead atoms. The van der Waals surface area contributed by atoms with Gasteiger partial charge < -0.3 is 25.3 Å². The van der Waals surface area contributed by atoms with Crippen LogP contribution in [0.1, 0.15) is 22.6 Å². The SMILES string of the molecule is COc1cc(C2C(C#N)=C(N)Oc3cc4c(cc32)CCN4)cc(Br)c1OC. The molecule has 2 heterocycles. The van der Waals surface area contributed by atoms with Gasteiger partial charge in [-0.1, -0.05) is 0 Å². The van der Waals surface area contributed by atoms with Crippen molar-refractivity contribution in [3.8, 4) is 23.3 Å². The summed E-state index contributed by atoms with van der Waals surface area (Å²) in [6, 6.07) is 10.1. The summed E-state index contributed by atoms with van der Waals surface area (Å²) in [4.78, 5) is 0. The van der Waals surface area contributed by atoms with E-state index in [1.807, 2.05) is 18.2 Å². The van der Waals surface area contributed by atoms with E-state index in [9.17, 15) is 5.26 Å². The monoisotopic (exact) mass is 427 g/mol. The molecule has 0 aliphatic carbocycles. The molecule has 0 aromatic heterocycles. The number of nitrogens with one attached hydrogen (secondary N) is 1. The van der Waals surface area contributed by atoms with Crippen molar-refractivity contribution < 1.29 is 14.2 Å². The van der Waals surface area contributed by atoms with Crippen LogP contribution in [0.25, 0.3) is 0 Å². The van der Waals surface area contributed by atoms with Crippen LogP contribution in [0, 0.1) is 11.3 Å². The van der Waals surface area contributed by atoms with Gasteiger partial charge in [0.15, 0.2) is 11.5 Å². The fraction of sp³-hybridized carbons (Fsp3) is 0.250. The van der Waals surface area contributed by atoms with Crippen molar-refractivity contribution in [2.45, 2.75) is 12.3 Å². The maximum atomic E-state index is 9.76. The van der Waals surface area contributed by atoms with Crippen molar-refractivity contribution in [2.24, 2.45) is 5.73 Å². The van der Waals surface area contributed by atoms with E-state index in [0.717, 1.165) is 34.3 Å². The first-order chi connectivity index (χ1) is 13.1. The van der Waals surface area contributed by atoms with Crippen LogP contribution in [0.5, 0.6) is 17.2 Å². The molecule has 2 aliphatic heterocycles. The maximum Gasteiger partial charge on any atom is 0.205 e. The third kappa shape index (κ3) is 2.77. The highest BCUT2D eigenvalue weighted by molar-refractivity contribution is 9.10. The Morgan fingerprint density at radius 2 is 2.07 bits per heavy atom. The van der Waals surface area contributed by atoms with Gasteiger partial charge in [0.1, 0.15) is 17.4 Å². The molecule has 2 aromatic rings. The number of halogens is 1. The Labute approximate surface area is 165 Å². The van der Waals surface area contributed by atoms with Gasteiger partial charge in [-0.25, -0.2) is 0 Å². The van der Waals surface area contributed by atoms with Gasteiger partial charge in [0.25, 0.3) is 0 Å². The van der Waals surface area contributed by atoms with E-state index in [-0.39, 0.29) is 11.8 Å². The Morgan fingerprint density at radius 3 is 2.78 bits per heavy atom. The summed E-state index contributed by atoms with van der Waals surface area (Å²) < 4.78 is 17.4. The van der Waals surface area contributed by atoms with Crippen LogP contribution in [-0.2, 0) is 6.42 Å². The molecule has 27 heavy (non-hydrogen) atoms. The van der Waals surface area contributed by atoms with Crippen LogP contribution in [-0.4, -0.2) is 20.8 Å². The Balaban J connectivity index is 1.94. The number of fused-ring (bicyclic) bond motifs is 2. The number of allylic oxidation sites excluding steroid dienone is 1. The largest absolute Gasteiger partial charge is 0.493 e. The van der Waals surface area contributed by atoms with E-state index in [2.05, 4.69) is 33.4 Å². The number of nitrogens with two attached hydrogens (primary N) is 1. The van der Waals surface area contributed by atoms with Crippen molar-refractivity contribution in [1.82, 2.24) is 0 Å². The number of methoxy groups -OCH3 is 2. The molecule has 0 saturated carbocycles. The van der Waals surface area contributed by atoms with Crippen molar-refractivity contribution in [1.29, 1.82) is 5.26 Å². The molecular weight excluding hydrogens is 410 g/mol. The van der Waals surface area contributed by atoms with Crippen molar-refractivity contribution in [3.63, 3.8) is 0 Å². The molecule has 0 radical (unpaired) electrons. The number of benzene rings is 2. The zero-order valence-corrected chi connectivity index (χ0v) is 16.5. The first-order valence-electron chi connectivity index (χ1n) is 8.47. The number of nitrogens with zero attached hydrogens (tertiary/aromatic N) is 1. The summed E-state index contributed by atoms with van der Waals surface area (Å²) in [5.74, 6) is 1.62. The highest BCUT2D eigenvalue weighted by Crippen LogP contribution is 2.47. The maximum absolute atomic E-state index is 9.76. The topological polar surface area (TPSA) is 89.5 Å². The fourth-order valence-corrected chi connectivity index (χ4v) is 4.32. The third-order valence-corrected chi connectivity index (χ3v) is 5.53. The van der Waals surface area contributed by atoms with Gasteiger partial charge in [0, 0.05) is 23.9 Å². The van der Waals surface area contributed by atoms with Crippen LogP contribution in [0.15, 0.2) is 40.2 Å². The fourth-order valence-electron chi connectivity index (χ4n) is 3.70. The average Bonchev–Trinajstić information content (AvgIpc) is 3.11. The van der Waals surface area contributed by atoms with E-state index in [1.165, 1.54) is 5.56 Å². The summed E-state index contributed by atoms with van der Waals surface area (Å²) in [5.41, 5.74) is 10.5. The van der Waals surface area contributed by atoms with E-state index in [0.29, 0.717) is 22.8 Å². The number of hydrogen-bond donors (Lipinski definition) is 2. The lowest BCUT2D eigenvalue weighted by atomic mass is 9.82. The second-order valence-electron chi connectivity index (χ2n) is 6.39. The molecule has 1 atom stereocenters. The number of ether oxygens (including phenoxy) is 3. The van der Waals surface area contributed by atoms with Crippen LogP contribution < -0.4 is 25.3 Å². The van der Waals surface area contributed by atoms with E-state index >= 15 is 0 Å². The van der Waals surface area contributed by atoms with Gasteiger partial charge in [-0.15, -0.1) is 0 Å². The van der Waals surface area contributed by atoms with E-state index in [1.54, 1.807) is 14.2 Å². The highest BCUT2D eigenvalue weighted by Gasteiger charge is 2.33. The number of hydrogen-bond acceptors (Lipinski definition) is 6. The van der Waals surface area contributed by atoms with Crippen LogP contribution in [0.4, 0.5) is 5.69 Å². The predicted molar refractivity (Wildman–Crippen MR) is 105 cm³/mol. The molecule has 0 spiro atoms. The van der Waals surface area contributed by atoms with Gasteiger partial charge in [0.05, 0.1) is 24.6 Å². The summed E-state index contributed by atoms with van der Waals surface area (Å²) in [6.45, 7) is 0.888. The van der Waals surface area contributed by atoms with Gasteiger partial charge in [-0.3, -0.25) is 0 Å². The van der Waals surface area contributed by atoms with Crippen LogP contribution >= 0.6 is 15.9 Å². The average molecular weight is 428 g/mol. The first-order valence-corrected chi connectivity index (χ1v) is 9.26. The second-order valence-corrected chi connectivity index (χ2v) is 7.24. The van der Waals surface area contributed by atoms with Gasteiger partial charge in [-0.05, 0) is 51.7 Å². The van der Waals surface area contributed by atoms with E-state index in [4.69, 9.17) is 19.9 Å². The quantitative estimate of drug-likeness (QED) is 0.776. The van der Waals surface area contributed by atoms with E-state index < -0.39 is 0 Å². The Hall–Kier alpha value is -2.85. The minimum atomic E-state index is -0.347. The first kappa shape index (κ1) is 17.6. The molecule has 6 nitrogen and oxygen atoms in total. The molecule has 7 heteroatoms. The predicted octanol–water partition coefficient (Wildman–Crippen LogP) is 3.65. The molecule has 2 aromatic carbocycles. The van der Waals surface area contributed by atoms with Gasteiger partial charge in [-0.2, -0.15) is 5.26 Å². The Bertz CT molecular complexity index is 1010. The van der Waals surface area contributed by atoms with Crippen molar-refractivity contribution in [2.75, 3.05) is 26.1 Å². The Kier molecular flexibility index (Phi) is 4.36. The molecule has 0 fully saturated rings. The minimum Gasteiger partial charge on any atom is -0.493 e. The highest BCUT2D eigenvalue weighted by atomic mass is 79.9. The molecular formula is C20H18BrN3O3. The zero-order valence-electron chi connectivity index (χ0n) is 14.9. The summed E-state index contributed by atoms with van der Waals surface area (Å²) in [5, 5.41) is 13.1. The zero-order chi connectivity index (χ0) is 19.1. The molecule has 1 unspecified atom stereocenters. The second kappa shape index (κ2) is 6.71. The smallest absolute Gasteiger partial charge is 0.205 e. The normalized spacial score (nSPS) is 17.3. The van der Waals surface area contributed by atoms with Gasteiger partial charge >= 0.3 is 0 Å². The lowest BCUT2D eigenvalue weighted by molar-refractivity contribution is 0.352. The van der Waals surface area contributed by atoms with Crippen molar-refractivity contribution in [3.05, 3.63) is 56.9 Å². The summed E-state index contributed by atoms with van der Waals surface area (Å²) >= 11 is 3.54. The lowest BCUT2D eigenvalue weighted by Crippen LogP contribution is -2.21. The number of rotatable bonds is 3. The molecule has 138 valence electrons. The molecule has 0 saturated heterocycles. The van der Waals surface area contributed by atoms with Crippen LogP contribution in [0.3, 0.4) is 0 Å². The van der Waals surface area contributed by atoms with Gasteiger partial charge in [0.2, 0.25) is 5.88 Å². The minimum absolute atomic E-state index is 0.124. The molecule has 3 N–H and O–H groups in total. The van der Waals surface area contributed by atoms with Crippen LogP contribution in [0.2, 0.25) is 0 Å². The molecule has 4 rings (SSSR count). The number of nitriles is 1. The summed E-state index contributed by atoms with van der Waals surface area (Å²) in [7, 11) is 3.17. The number of anilines is 1. The standard InChI is InChI=1S/C20H18BrN3O3/c1-25-17-7-11(6-14(21)19(17)26-2)18-12-5-10-3-4-24-15(10)8-16(12)27-20(23)13(18)9-22/h5-8,18,24H,3-4,23H2,1-2H3. The third-order valence-electron chi connectivity index (χ3n) is 4.94. The molecule has 2 aliphatic rings. The molecule has 0 amide bonds. The Morgan fingerprint density at radius 1 is 1.26 bits per heavy atom. The summed E-state index contributed by atoms with van der Waals surface area (Å²) in [6.07, 6.45) is 0.937.